The topological polar surface area (TPSA) is 58.4 Å². The third-order valence-corrected chi connectivity index (χ3v) is 4.59. The van der Waals surface area contributed by atoms with Crippen molar-refractivity contribution >= 4 is 17.3 Å². The number of likely N-dealkylation sites (tertiary alicyclic amines) is 1. The molecule has 20 heavy (non-hydrogen) atoms. The second kappa shape index (κ2) is 5.05. The predicted octanol–water partition coefficient (Wildman–Crippen LogP) is 2.22. The van der Waals surface area contributed by atoms with Gasteiger partial charge in [-0.25, -0.2) is 4.39 Å². The lowest BCUT2D eigenvalue weighted by Gasteiger charge is -2.31. The molecule has 3 N–H and O–H groups in total. The minimum atomic E-state index is -0.465. The lowest BCUT2D eigenvalue weighted by molar-refractivity contribution is -0.121. The fourth-order valence-corrected chi connectivity index (χ4v) is 3.46. The van der Waals surface area contributed by atoms with E-state index in [0.717, 1.165) is 12.5 Å². The number of hydrogen-bond acceptors (Lipinski definition) is 3. The SMILES string of the molecule is CC(C(=O)Nc1ccc(F)c(N)c1)N1CC2CCC1C2. The molecule has 1 amide bonds. The summed E-state index contributed by atoms with van der Waals surface area (Å²) in [6.07, 6.45) is 3.72. The highest BCUT2D eigenvalue weighted by Gasteiger charge is 2.41. The Labute approximate surface area is 118 Å². The van der Waals surface area contributed by atoms with Crippen molar-refractivity contribution in [1.82, 2.24) is 4.90 Å². The molecule has 1 aromatic rings. The zero-order valence-corrected chi connectivity index (χ0v) is 11.6. The van der Waals surface area contributed by atoms with E-state index in [-0.39, 0.29) is 17.6 Å². The number of nitrogen functional groups attached to an aromatic ring is 1. The van der Waals surface area contributed by atoms with Crippen LogP contribution in [0.15, 0.2) is 18.2 Å². The van der Waals surface area contributed by atoms with Gasteiger partial charge in [0, 0.05) is 18.3 Å². The maximum absolute atomic E-state index is 13.1. The summed E-state index contributed by atoms with van der Waals surface area (Å²) < 4.78 is 13.1. The van der Waals surface area contributed by atoms with Gasteiger partial charge in [0.1, 0.15) is 5.82 Å². The second-order valence-corrected chi connectivity index (χ2v) is 5.93. The van der Waals surface area contributed by atoms with Crippen molar-refractivity contribution < 1.29 is 9.18 Å². The van der Waals surface area contributed by atoms with Crippen LogP contribution in [0, 0.1) is 11.7 Å². The highest BCUT2D eigenvalue weighted by atomic mass is 19.1. The molecular weight excluding hydrogens is 257 g/mol. The summed E-state index contributed by atoms with van der Waals surface area (Å²) in [5.74, 6) is 0.244. The first kappa shape index (κ1) is 13.4. The Morgan fingerprint density at radius 1 is 1.50 bits per heavy atom. The molecule has 4 nitrogen and oxygen atoms in total. The first-order chi connectivity index (χ1) is 9.54. The van der Waals surface area contributed by atoms with E-state index in [9.17, 15) is 9.18 Å². The predicted molar refractivity (Wildman–Crippen MR) is 76.7 cm³/mol. The Morgan fingerprint density at radius 3 is 2.90 bits per heavy atom. The Morgan fingerprint density at radius 2 is 2.30 bits per heavy atom. The van der Waals surface area contributed by atoms with Crippen LogP contribution in [0.3, 0.4) is 0 Å². The Kier molecular flexibility index (Phi) is 3.38. The van der Waals surface area contributed by atoms with Gasteiger partial charge in [0.05, 0.1) is 11.7 Å². The molecule has 3 unspecified atom stereocenters. The van der Waals surface area contributed by atoms with Gasteiger partial charge >= 0.3 is 0 Å². The normalized spacial score (nSPS) is 26.7. The molecule has 0 aromatic heterocycles. The molecule has 108 valence electrons. The molecule has 3 rings (SSSR count). The molecule has 0 radical (unpaired) electrons. The van der Waals surface area contributed by atoms with Crippen molar-refractivity contribution in [2.45, 2.75) is 38.3 Å². The van der Waals surface area contributed by atoms with Gasteiger partial charge in [-0.3, -0.25) is 9.69 Å². The number of fused-ring (bicyclic) bond motifs is 2. The number of hydrogen-bond donors (Lipinski definition) is 2. The maximum Gasteiger partial charge on any atom is 0.241 e. The number of halogens is 1. The van der Waals surface area contributed by atoms with Crippen molar-refractivity contribution in [3.63, 3.8) is 0 Å². The van der Waals surface area contributed by atoms with Crippen molar-refractivity contribution in [3.8, 4) is 0 Å². The van der Waals surface area contributed by atoms with Crippen LogP contribution < -0.4 is 11.1 Å². The van der Waals surface area contributed by atoms with E-state index in [1.807, 2.05) is 6.92 Å². The molecule has 1 heterocycles. The largest absolute Gasteiger partial charge is 0.396 e. The number of nitrogens with zero attached hydrogens (tertiary/aromatic N) is 1. The molecule has 1 aromatic carbocycles. The molecule has 0 spiro atoms. The minimum Gasteiger partial charge on any atom is -0.396 e. The first-order valence-electron chi connectivity index (χ1n) is 7.16. The van der Waals surface area contributed by atoms with Crippen LogP contribution in [0.2, 0.25) is 0 Å². The molecule has 2 bridgehead atoms. The van der Waals surface area contributed by atoms with Gasteiger partial charge in [-0.2, -0.15) is 0 Å². The molecule has 1 aliphatic carbocycles. The number of amides is 1. The van der Waals surface area contributed by atoms with E-state index in [1.54, 1.807) is 0 Å². The van der Waals surface area contributed by atoms with Crippen LogP contribution >= 0.6 is 0 Å². The molecule has 1 aliphatic heterocycles. The zero-order valence-electron chi connectivity index (χ0n) is 11.6. The fourth-order valence-electron chi connectivity index (χ4n) is 3.46. The average Bonchev–Trinajstić information content (AvgIpc) is 3.04. The third kappa shape index (κ3) is 2.38. The van der Waals surface area contributed by atoms with E-state index in [4.69, 9.17) is 5.73 Å². The summed E-state index contributed by atoms with van der Waals surface area (Å²) in [5.41, 5.74) is 6.11. The molecule has 1 saturated carbocycles. The highest BCUT2D eigenvalue weighted by Crippen LogP contribution is 2.38. The number of benzene rings is 1. The maximum atomic E-state index is 13.1. The molecule has 5 heteroatoms. The van der Waals surface area contributed by atoms with Crippen LogP contribution in [0.25, 0.3) is 0 Å². The number of piperidine rings is 1. The molecule has 1 saturated heterocycles. The van der Waals surface area contributed by atoms with Gasteiger partial charge in [-0.05, 0) is 50.3 Å². The number of nitrogens with two attached hydrogens (primary N) is 1. The molecular formula is C15H20FN3O. The van der Waals surface area contributed by atoms with E-state index < -0.39 is 5.82 Å². The molecule has 3 atom stereocenters. The number of carbonyl (C=O) groups is 1. The fraction of sp³-hybridized carbons (Fsp3) is 0.533. The third-order valence-electron chi connectivity index (χ3n) is 4.59. The lowest BCUT2D eigenvalue weighted by Crippen LogP contribution is -2.46. The van der Waals surface area contributed by atoms with Crippen molar-refractivity contribution in [2.75, 3.05) is 17.6 Å². The molecule has 2 fully saturated rings. The van der Waals surface area contributed by atoms with Gasteiger partial charge in [-0.15, -0.1) is 0 Å². The van der Waals surface area contributed by atoms with E-state index in [1.165, 1.54) is 37.5 Å². The quantitative estimate of drug-likeness (QED) is 0.833. The average molecular weight is 277 g/mol. The smallest absolute Gasteiger partial charge is 0.241 e. The Hall–Kier alpha value is -1.62. The highest BCUT2D eigenvalue weighted by molar-refractivity contribution is 5.95. The van der Waals surface area contributed by atoms with Crippen LogP contribution in [0.5, 0.6) is 0 Å². The summed E-state index contributed by atoms with van der Waals surface area (Å²) >= 11 is 0. The summed E-state index contributed by atoms with van der Waals surface area (Å²) in [4.78, 5) is 14.6. The summed E-state index contributed by atoms with van der Waals surface area (Å²) in [7, 11) is 0. The van der Waals surface area contributed by atoms with Crippen LogP contribution in [-0.2, 0) is 4.79 Å². The van der Waals surface area contributed by atoms with E-state index in [0.29, 0.717) is 11.7 Å². The molecule has 2 aliphatic rings. The Balaban J connectivity index is 1.65. The van der Waals surface area contributed by atoms with Crippen molar-refractivity contribution in [3.05, 3.63) is 24.0 Å². The van der Waals surface area contributed by atoms with Gasteiger partial charge in [0.15, 0.2) is 0 Å². The lowest BCUT2D eigenvalue weighted by atomic mass is 10.1. The van der Waals surface area contributed by atoms with Gasteiger partial charge in [0.25, 0.3) is 0 Å². The zero-order chi connectivity index (χ0) is 14.3. The van der Waals surface area contributed by atoms with Gasteiger partial charge in [0.2, 0.25) is 5.91 Å². The van der Waals surface area contributed by atoms with Gasteiger partial charge < -0.3 is 11.1 Å². The van der Waals surface area contributed by atoms with Crippen molar-refractivity contribution in [1.29, 1.82) is 0 Å². The summed E-state index contributed by atoms with van der Waals surface area (Å²) in [6, 6.07) is 4.66. The summed E-state index contributed by atoms with van der Waals surface area (Å²) in [6.45, 7) is 2.95. The second-order valence-electron chi connectivity index (χ2n) is 5.93. The van der Waals surface area contributed by atoms with E-state index in [2.05, 4.69) is 10.2 Å². The number of carbonyl (C=O) groups excluding carboxylic acids is 1. The summed E-state index contributed by atoms with van der Waals surface area (Å²) in [5, 5.41) is 2.82. The minimum absolute atomic E-state index is 0.0516. The number of rotatable bonds is 3. The van der Waals surface area contributed by atoms with Crippen molar-refractivity contribution in [2.24, 2.45) is 5.92 Å². The Bertz CT molecular complexity index is 534. The standard InChI is InChI=1S/C15H20FN3O/c1-9(19-8-10-2-4-12(19)6-10)15(20)18-11-3-5-13(16)14(17)7-11/h3,5,7,9-10,12H,2,4,6,8,17H2,1H3,(H,18,20). The number of anilines is 2. The van der Waals surface area contributed by atoms with Gasteiger partial charge in [-0.1, -0.05) is 0 Å². The number of nitrogens with one attached hydrogen (secondary N) is 1. The monoisotopic (exact) mass is 277 g/mol. The first-order valence-corrected chi connectivity index (χ1v) is 7.16. The van der Waals surface area contributed by atoms with Crippen LogP contribution in [-0.4, -0.2) is 29.4 Å². The van der Waals surface area contributed by atoms with E-state index >= 15 is 0 Å². The van der Waals surface area contributed by atoms with Crippen LogP contribution in [0.4, 0.5) is 15.8 Å². The van der Waals surface area contributed by atoms with Crippen LogP contribution in [0.1, 0.15) is 26.2 Å².